The van der Waals surface area contributed by atoms with Gasteiger partial charge in [0.2, 0.25) is 41.4 Å². The van der Waals surface area contributed by atoms with Crippen molar-refractivity contribution in [3.8, 4) is 5.75 Å². The van der Waals surface area contributed by atoms with E-state index >= 15 is 0 Å². The van der Waals surface area contributed by atoms with Crippen LogP contribution in [0.5, 0.6) is 5.75 Å². The van der Waals surface area contributed by atoms with Crippen LogP contribution in [0.25, 0.3) is 0 Å². The number of phenols is 1. The molecule has 0 spiro atoms. The van der Waals surface area contributed by atoms with Gasteiger partial charge in [0.25, 0.3) is 11.8 Å². The minimum Gasteiger partial charge on any atom is -0.508 e. The average molecular weight is 941 g/mol. The van der Waals surface area contributed by atoms with Crippen molar-refractivity contribution >= 4 is 65.1 Å². The Morgan fingerprint density at radius 3 is 1.90 bits per heavy atom. The highest BCUT2D eigenvalue weighted by Crippen LogP contribution is 2.20. The Morgan fingerprint density at radius 1 is 0.761 bits per heavy atom. The van der Waals surface area contributed by atoms with Crippen molar-refractivity contribution in [3.63, 3.8) is 0 Å². The average Bonchev–Trinajstić information content (AvgIpc) is 3.88. The number of rotatable bonds is 28. The third-order valence-corrected chi connectivity index (χ3v) is 10.9. The van der Waals surface area contributed by atoms with Crippen LogP contribution in [-0.2, 0) is 54.4 Å². The molecule has 24 heteroatoms. The molecule has 2 heterocycles. The molecule has 0 bridgehead atoms. The number of aliphatic carboxylic acids is 1. The van der Waals surface area contributed by atoms with Crippen LogP contribution < -0.4 is 49.5 Å². The Bertz CT molecular complexity index is 2010. The number of amides is 9. The summed E-state index contributed by atoms with van der Waals surface area (Å²) in [6.45, 7) is 3.93. The van der Waals surface area contributed by atoms with Gasteiger partial charge in [-0.2, -0.15) is 0 Å². The van der Waals surface area contributed by atoms with Gasteiger partial charge >= 0.3 is 5.97 Å². The van der Waals surface area contributed by atoms with Crippen molar-refractivity contribution in [2.45, 2.75) is 121 Å². The van der Waals surface area contributed by atoms with E-state index in [4.69, 9.17) is 22.9 Å². The third-order valence-electron chi connectivity index (χ3n) is 10.9. The number of carboxylic acid groups (broad SMARTS) is 1. The maximum absolute atomic E-state index is 14.2. The predicted molar refractivity (Wildman–Crippen MR) is 240 cm³/mol. The van der Waals surface area contributed by atoms with Crippen molar-refractivity contribution in [1.82, 2.24) is 36.4 Å². The van der Waals surface area contributed by atoms with Gasteiger partial charge in [-0.1, -0.05) is 26.0 Å². The van der Waals surface area contributed by atoms with E-state index in [0.29, 0.717) is 24.8 Å². The summed E-state index contributed by atoms with van der Waals surface area (Å²) < 4.78 is 0. The number of nitrogens with two attached hydrogens (primary N) is 4. The van der Waals surface area contributed by atoms with Crippen LogP contribution in [0, 0.1) is 5.92 Å². The first kappa shape index (κ1) is 54.2. The third kappa shape index (κ3) is 18.0. The van der Waals surface area contributed by atoms with Crippen LogP contribution >= 0.6 is 0 Å². The molecule has 9 amide bonds. The second-order valence-corrected chi connectivity index (χ2v) is 16.7. The van der Waals surface area contributed by atoms with Gasteiger partial charge < -0.3 is 64.6 Å². The Balaban J connectivity index is 1.85. The quantitative estimate of drug-likeness (QED) is 0.0171. The number of carboxylic acids is 1. The van der Waals surface area contributed by atoms with Crippen molar-refractivity contribution in [3.05, 3.63) is 42.0 Å². The number of benzene rings is 1. The normalized spacial score (nSPS) is 16.6. The van der Waals surface area contributed by atoms with Crippen molar-refractivity contribution in [1.29, 1.82) is 0 Å². The van der Waals surface area contributed by atoms with E-state index in [2.05, 4.69) is 31.6 Å². The van der Waals surface area contributed by atoms with Crippen molar-refractivity contribution in [2.24, 2.45) is 33.8 Å². The predicted octanol–water partition coefficient (Wildman–Crippen LogP) is -3.15. The molecule has 1 fully saturated rings. The highest BCUT2D eigenvalue weighted by atomic mass is 16.4. The molecular formula is C43H64N12O12. The van der Waals surface area contributed by atoms with E-state index in [1.165, 1.54) is 29.2 Å². The van der Waals surface area contributed by atoms with Gasteiger partial charge in [0.05, 0.1) is 6.42 Å². The molecular weight excluding hydrogens is 877 g/mol. The van der Waals surface area contributed by atoms with Crippen LogP contribution in [0.4, 0.5) is 0 Å². The summed E-state index contributed by atoms with van der Waals surface area (Å²) in [6, 6.07) is -2.25. The van der Waals surface area contributed by atoms with E-state index in [1.807, 2.05) is 0 Å². The number of carbonyl (C=O) groups is 10. The SMILES string of the molecule is CC(C)C[C@H](NC(=O)[C@H](CCCCN)NC(=O)[C@H](CCCN=C(N)N)NC(=O)[C@@H]1CCCN1C(=O)CCN1C(=O)C=CC1=O)C(=O)N[C@@H](Cc1ccc(O)cc1)C(=O)N[C@@H](CC(=O)O)C(N)=O. The van der Waals surface area contributed by atoms with Gasteiger partial charge in [-0.25, -0.2) is 0 Å². The van der Waals surface area contributed by atoms with Crippen molar-refractivity contribution < 1.29 is 58.2 Å². The van der Waals surface area contributed by atoms with E-state index in [1.54, 1.807) is 13.8 Å². The van der Waals surface area contributed by atoms with Gasteiger partial charge in [-0.3, -0.25) is 57.8 Å². The monoisotopic (exact) mass is 940 g/mol. The zero-order valence-electron chi connectivity index (χ0n) is 37.7. The van der Waals surface area contributed by atoms with Crippen LogP contribution in [-0.4, -0.2) is 148 Å². The fourth-order valence-corrected chi connectivity index (χ4v) is 7.41. The van der Waals surface area contributed by atoms with E-state index in [-0.39, 0.29) is 88.8 Å². The molecule has 67 heavy (non-hydrogen) atoms. The van der Waals surface area contributed by atoms with E-state index < -0.39 is 102 Å². The standard InChI is InChI=1S/C43H64N12O12/c1-24(2)21-30(40(65)53-31(22-25-10-12-26(56)13-11-25)41(66)51-29(37(45)62)23-36(60)61)52-39(64)27(7-3-4-17-44)49-38(63)28(8-5-18-48-43(46)47)50-42(67)32-9-6-19-54(32)35(59)16-20-55-33(57)14-15-34(55)58/h10-15,24,27-32,56H,3-9,16-23,44H2,1-2H3,(H2,45,62)(H,49,63)(H,50,67)(H,51,66)(H,52,64)(H,53,65)(H,60,61)(H4,46,47,48)/t27-,28-,29-,30-,31-,32-/m0/s1. The minimum atomic E-state index is -1.63. The molecule has 0 aliphatic carbocycles. The lowest BCUT2D eigenvalue weighted by Crippen LogP contribution is -2.60. The van der Waals surface area contributed by atoms with Gasteiger partial charge in [0.1, 0.15) is 42.0 Å². The van der Waals surface area contributed by atoms with Gasteiger partial charge in [0.15, 0.2) is 5.96 Å². The molecule has 2 aliphatic heterocycles. The molecule has 0 saturated carbocycles. The van der Waals surface area contributed by atoms with Crippen LogP contribution in [0.2, 0.25) is 0 Å². The molecule has 15 N–H and O–H groups in total. The number of nitrogens with zero attached hydrogens (tertiary/aromatic N) is 3. The molecule has 3 rings (SSSR count). The molecule has 2 aliphatic rings. The highest BCUT2D eigenvalue weighted by Gasteiger charge is 2.38. The second-order valence-electron chi connectivity index (χ2n) is 16.7. The summed E-state index contributed by atoms with van der Waals surface area (Å²) in [4.78, 5) is 137. The summed E-state index contributed by atoms with van der Waals surface area (Å²) in [5.41, 5.74) is 22.5. The summed E-state index contributed by atoms with van der Waals surface area (Å²) >= 11 is 0. The summed E-state index contributed by atoms with van der Waals surface area (Å²) in [6.07, 6.45) is 2.75. The zero-order valence-corrected chi connectivity index (χ0v) is 37.7. The number of aromatic hydroxyl groups is 1. The smallest absolute Gasteiger partial charge is 0.305 e. The maximum Gasteiger partial charge on any atom is 0.305 e. The molecule has 0 unspecified atom stereocenters. The molecule has 0 aromatic heterocycles. The Labute approximate surface area is 387 Å². The Hall–Kier alpha value is -7.11. The molecule has 24 nitrogen and oxygen atoms in total. The molecule has 6 atom stereocenters. The number of likely N-dealkylation sites (tertiary alicyclic amines) is 1. The summed E-state index contributed by atoms with van der Waals surface area (Å²) in [5.74, 6) is -8.64. The van der Waals surface area contributed by atoms with Crippen molar-refractivity contribution in [2.75, 3.05) is 26.2 Å². The number of imide groups is 1. The highest BCUT2D eigenvalue weighted by molar-refractivity contribution is 6.13. The second kappa shape index (κ2) is 26.8. The maximum atomic E-state index is 14.2. The lowest BCUT2D eigenvalue weighted by atomic mass is 9.99. The fraction of sp³-hybridized carbons (Fsp3) is 0.558. The number of phenolic OH excluding ortho intramolecular Hbond substituents is 1. The van der Waals surface area contributed by atoms with E-state index in [9.17, 15) is 58.2 Å². The molecule has 0 radical (unpaired) electrons. The fourth-order valence-electron chi connectivity index (χ4n) is 7.41. The number of hydrogen-bond acceptors (Lipinski definition) is 13. The topological polar surface area (TPSA) is 394 Å². The van der Waals surface area contributed by atoms with E-state index in [0.717, 1.165) is 17.1 Å². The Kier molecular flexibility index (Phi) is 21.7. The van der Waals surface area contributed by atoms with Gasteiger partial charge in [0, 0.05) is 44.6 Å². The number of primary amides is 1. The largest absolute Gasteiger partial charge is 0.508 e. The first-order chi connectivity index (χ1) is 31.7. The Morgan fingerprint density at radius 2 is 1.31 bits per heavy atom. The van der Waals surface area contributed by atoms with Crippen LogP contribution in [0.1, 0.15) is 83.6 Å². The van der Waals surface area contributed by atoms with Crippen LogP contribution in [0.15, 0.2) is 41.4 Å². The molecule has 1 aromatic carbocycles. The number of carbonyl (C=O) groups excluding carboxylic acids is 9. The molecule has 368 valence electrons. The first-order valence-electron chi connectivity index (χ1n) is 22.1. The molecule has 1 aromatic rings. The van der Waals surface area contributed by atoms with Gasteiger partial charge in [-0.15, -0.1) is 0 Å². The lowest BCUT2D eigenvalue weighted by Gasteiger charge is -2.29. The van der Waals surface area contributed by atoms with Crippen LogP contribution in [0.3, 0.4) is 0 Å². The lowest BCUT2D eigenvalue weighted by molar-refractivity contribution is -0.142. The number of aliphatic imine (C=N–C) groups is 1. The zero-order chi connectivity index (χ0) is 49.8. The number of unbranched alkanes of at least 4 members (excludes halogenated alkanes) is 1. The first-order valence-corrected chi connectivity index (χ1v) is 22.1. The molecule has 1 saturated heterocycles. The van der Waals surface area contributed by atoms with Gasteiger partial charge in [-0.05, 0) is 81.5 Å². The summed E-state index contributed by atoms with van der Waals surface area (Å²) in [5, 5.41) is 32.0. The number of guanidine groups is 1. The summed E-state index contributed by atoms with van der Waals surface area (Å²) in [7, 11) is 0. The number of nitrogens with one attached hydrogen (secondary N) is 5. The number of hydrogen-bond donors (Lipinski definition) is 11. The minimum absolute atomic E-state index is 0.00964.